The largest absolute Gasteiger partial charge is 0.494 e. The van der Waals surface area contributed by atoms with Crippen molar-refractivity contribution in [1.82, 2.24) is 14.9 Å². The second kappa shape index (κ2) is 9.79. The third-order valence-electron chi connectivity index (χ3n) is 4.01. The van der Waals surface area contributed by atoms with Crippen LogP contribution >= 0.6 is 11.8 Å². The molecule has 30 heavy (non-hydrogen) atoms. The number of nitrogen functional groups attached to an aromatic ring is 1. The number of hydrogen-bond donors (Lipinski definition) is 2. The van der Waals surface area contributed by atoms with E-state index in [1.165, 1.54) is 23.5 Å². The Balaban J connectivity index is 1.58. The predicted octanol–water partition coefficient (Wildman–Crippen LogP) is 2.58. The van der Waals surface area contributed by atoms with E-state index in [1.807, 2.05) is 31.2 Å². The minimum absolute atomic E-state index is 0.0946. The van der Waals surface area contributed by atoms with Crippen molar-refractivity contribution in [2.75, 3.05) is 30.6 Å². The van der Waals surface area contributed by atoms with E-state index in [9.17, 15) is 9.59 Å². The zero-order valence-corrected chi connectivity index (χ0v) is 17.3. The normalized spacial score (nSPS) is 10.5. The van der Waals surface area contributed by atoms with E-state index in [0.717, 1.165) is 11.3 Å². The van der Waals surface area contributed by atoms with Crippen molar-refractivity contribution in [2.45, 2.75) is 12.1 Å². The number of nitrogens with two attached hydrogens (primary N) is 1. The van der Waals surface area contributed by atoms with Crippen LogP contribution in [0.1, 0.15) is 17.3 Å². The Kier molecular flexibility index (Phi) is 6.91. The molecule has 0 saturated carbocycles. The quantitative estimate of drug-likeness (QED) is 0.320. The fraction of sp³-hybridized carbons (Fsp3) is 0.200. The van der Waals surface area contributed by atoms with Crippen molar-refractivity contribution in [3.63, 3.8) is 0 Å². The van der Waals surface area contributed by atoms with Gasteiger partial charge in [-0.2, -0.15) is 0 Å². The summed E-state index contributed by atoms with van der Waals surface area (Å²) < 4.78 is 11.4. The summed E-state index contributed by atoms with van der Waals surface area (Å²) in [5.74, 6) is 6.76. The number of nitrogens with one attached hydrogen (secondary N) is 1. The lowest BCUT2D eigenvalue weighted by molar-refractivity contribution is -0.113. The maximum Gasteiger partial charge on any atom is 0.337 e. The Morgan fingerprint density at radius 1 is 1.10 bits per heavy atom. The highest BCUT2D eigenvalue weighted by atomic mass is 32.2. The fourth-order valence-electron chi connectivity index (χ4n) is 2.57. The summed E-state index contributed by atoms with van der Waals surface area (Å²) in [5.41, 5.74) is 1.76. The molecule has 2 aromatic carbocycles. The summed E-state index contributed by atoms with van der Waals surface area (Å²) in [6.45, 7) is 2.51. The molecule has 0 unspecified atom stereocenters. The van der Waals surface area contributed by atoms with Crippen LogP contribution in [0.15, 0.2) is 53.7 Å². The highest BCUT2D eigenvalue weighted by Crippen LogP contribution is 2.24. The van der Waals surface area contributed by atoms with Gasteiger partial charge in [-0.05, 0) is 55.5 Å². The molecular weight excluding hydrogens is 406 g/mol. The number of nitrogens with zero attached hydrogens (tertiary/aromatic N) is 3. The van der Waals surface area contributed by atoms with Crippen molar-refractivity contribution in [3.05, 3.63) is 54.1 Å². The Morgan fingerprint density at radius 3 is 2.43 bits per heavy atom. The minimum atomic E-state index is -0.436. The Hall–Kier alpha value is -3.53. The number of methoxy groups -OCH3 is 1. The summed E-state index contributed by atoms with van der Waals surface area (Å²) >= 11 is 1.17. The molecule has 9 nitrogen and oxygen atoms in total. The Labute approximate surface area is 177 Å². The number of rotatable bonds is 8. The van der Waals surface area contributed by atoms with Crippen LogP contribution in [0, 0.1) is 0 Å². The summed E-state index contributed by atoms with van der Waals surface area (Å²) in [4.78, 5) is 23.7. The molecule has 0 saturated heterocycles. The van der Waals surface area contributed by atoms with Crippen molar-refractivity contribution in [3.8, 4) is 17.1 Å². The van der Waals surface area contributed by atoms with Gasteiger partial charge in [-0.15, -0.1) is 10.2 Å². The number of benzene rings is 2. The van der Waals surface area contributed by atoms with Crippen LogP contribution in [0.2, 0.25) is 0 Å². The fourth-order valence-corrected chi connectivity index (χ4v) is 3.23. The number of carbonyl (C=O) groups excluding carboxylic acids is 2. The molecule has 3 N–H and O–H groups in total. The van der Waals surface area contributed by atoms with Crippen LogP contribution in [0.3, 0.4) is 0 Å². The van der Waals surface area contributed by atoms with E-state index < -0.39 is 5.97 Å². The molecule has 0 spiro atoms. The first-order valence-electron chi connectivity index (χ1n) is 9.06. The lowest BCUT2D eigenvalue weighted by Gasteiger charge is -2.07. The first kappa shape index (κ1) is 21.2. The van der Waals surface area contributed by atoms with Crippen molar-refractivity contribution >= 4 is 29.3 Å². The predicted molar refractivity (Wildman–Crippen MR) is 114 cm³/mol. The number of aromatic nitrogens is 3. The lowest BCUT2D eigenvalue weighted by atomic mass is 10.2. The van der Waals surface area contributed by atoms with Crippen LogP contribution in [0.5, 0.6) is 5.75 Å². The Bertz CT molecular complexity index is 1020. The topological polar surface area (TPSA) is 121 Å². The second-order valence-corrected chi connectivity index (χ2v) is 6.98. The van der Waals surface area contributed by atoms with Gasteiger partial charge in [0.2, 0.25) is 11.1 Å². The number of amides is 1. The summed E-state index contributed by atoms with van der Waals surface area (Å²) in [6, 6.07) is 13.8. The zero-order chi connectivity index (χ0) is 21.5. The van der Waals surface area contributed by atoms with Gasteiger partial charge < -0.3 is 20.6 Å². The molecule has 0 atom stereocenters. The third kappa shape index (κ3) is 5.09. The summed E-state index contributed by atoms with van der Waals surface area (Å²) in [7, 11) is 1.31. The standard InChI is InChI=1S/C20H21N5O4S/c1-3-29-16-10-6-13(7-11-16)18-23-24-20(25(18)21)30-12-17(26)22-15-8-4-14(5-9-15)19(27)28-2/h4-11H,3,12,21H2,1-2H3,(H,22,26). The lowest BCUT2D eigenvalue weighted by Crippen LogP contribution is -2.16. The number of ether oxygens (including phenoxy) is 2. The van der Waals surface area contributed by atoms with Crippen molar-refractivity contribution < 1.29 is 19.1 Å². The van der Waals surface area contributed by atoms with Gasteiger partial charge in [0.05, 0.1) is 25.0 Å². The number of hydrogen-bond acceptors (Lipinski definition) is 8. The van der Waals surface area contributed by atoms with E-state index >= 15 is 0 Å². The van der Waals surface area contributed by atoms with E-state index in [4.69, 9.17) is 10.6 Å². The highest BCUT2D eigenvalue weighted by molar-refractivity contribution is 7.99. The molecule has 3 rings (SSSR count). The Morgan fingerprint density at radius 2 is 1.80 bits per heavy atom. The van der Waals surface area contributed by atoms with Crippen molar-refractivity contribution in [1.29, 1.82) is 0 Å². The molecule has 0 aliphatic carbocycles. The molecule has 0 radical (unpaired) electrons. The average Bonchev–Trinajstić information content (AvgIpc) is 3.13. The van der Waals surface area contributed by atoms with Crippen LogP contribution in [-0.4, -0.2) is 46.2 Å². The minimum Gasteiger partial charge on any atom is -0.494 e. The van der Waals surface area contributed by atoms with Gasteiger partial charge >= 0.3 is 5.97 Å². The molecule has 0 fully saturated rings. The number of thioether (sulfide) groups is 1. The molecule has 0 bridgehead atoms. The van der Waals surface area contributed by atoms with Crippen LogP contribution in [-0.2, 0) is 9.53 Å². The molecule has 1 heterocycles. The number of carbonyl (C=O) groups is 2. The summed E-state index contributed by atoms with van der Waals surface area (Å²) in [5, 5.41) is 11.3. The van der Waals surface area contributed by atoms with Gasteiger partial charge in [0.25, 0.3) is 0 Å². The first-order valence-corrected chi connectivity index (χ1v) is 10.0. The van der Waals surface area contributed by atoms with Crippen molar-refractivity contribution in [2.24, 2.45) is 0 Å². The van der Waals surface area contributed by atoms with E-state index in [0.29, 0.717) is 28.8 Å². The van der Waals surface area contributed by atoms with Gasteiger partial charge in [0.1, 0.15) is 5.75 Å². The van der Waals surface area contributed by atoms with E-state index in [2.05, 4.69) is 20.3 Å². The monoisotopic (exact) mass is 427 g/mol. The summed E-state index contributed by atoms with van der Waals surface area (Å²) in [6.07, 6.45) is 0. The average molecular weight is 427 g/mol. The third-order valence-corrected chi connectivity index (χ3v) is 4.95. The molecule has 10 heteroatoms. The van der Waals surface area contributed by atoms with Gasteiger partial charge in [0, 0.05) is 11.3 Å². The second-order valence-electron chi connectivity index (χ2n) is 6.04. The first-order chi connectivity index (χ1) is 14.5. The maximum atomic E-state index is 12.2. The van der Waals surface area contributed by atoms with E-state index in [-0.39, 0.29) is 11.7 Å². The molecule has 0 aliphatic rings. The number of esters is 1. The SMILES string of the molecule is CCOc1ccc(-c2nnc(SCC(=O)Nc3ccc(C(=O)OC)cc3)n2N)cc1. The molecule has 156 valence electrons. The van der Waals surface area contributed by atoms with E-state index in [1.54, 1.807) is 24.3 Å². The number of anilines is 1. The van der Waals surface area contributed by atoms with Crippen LogP contribution < -0.4 is 15.9 Å². The van der Waals surface area contributed by atoms with Gasteiger partial charge in [-0.3, -0.25) is 4.79 Å². The molecular formula is C20H21N5O4S. The van der Waals surface area contributed by atoms with Gasteiger partial charge in [0.15, 0.2) is 5.82 Å². The molecule has 1 aromatic heterocycles. The van der Waals surface area contributed by atoms with Gasteiger partial charge in [-0.25, -0.2) is 9.47 Å². The maximum absolute atomic E-state index is 12.2. The highest BCUT2D eigenvalue weighted by Gasteiger charge is 2.14. The van der Waals surface area contributed by atoms with Gasteiger partial charge in [-0.1, -0.05) is 11.8 Å². The molecule has 3 aromatic rings. The van der Waals surface area contributed by atoms with Crippen LogP contribution in [0.25, 0.3) is 11.4 Å². The zero-order valence-electron chi connectivity index (χ0n) is 16.5. The molecule has 0 aliphatic heterocycles. The van der Waals surface area contributed by atoms with Crippen LogP contribution in [0.4, 0.5) is 5.69 Å². The smallest absolute Gasteiger partial charge is 0.337 e. The molecule has 1 amide bonds.